The molecule has 0 unspecified atom stereocenters. The molecule has 23 heteroatoms. The zero-order chi connectivity index (χ0) is 39.6. The predicted octanol–water partition coefficient (Wildman–Crippen LogP) is -6.43. The fourth-order valence-electron chi connectivity index (χ4n) is 4.06. The van der Waals surface area contributed by atoms with Crippen molar-refractivity contribution in [3.63, 3.8) is 0 Å². The van der Waals surface area contributed by atoms with Gasteiger partial charge in [-0.05, 0) is 25.7 Å². The van der Waals surface area contributed by atoms with Gasteiger partial charge in [0.25, 0.3) is 0 Å². The van der Waals surface area contributed by atoms with Gasteiger partial charge in [-0.3, -0.25) is 47.9 Å². The fraction of sp³-hybridized carbons (Fsp3) is 0.643. The minimum absolute atomic E-state index is 0.0954. The van der Waals surface area contributed by atoms with Crippen molar-refractivity contribution in [2.24, 2.45) is 17.4 Å². The van der Waals surface area contributed by atoms with E-state index < -0.39 is 140 Å². The number of carboxylic acids is 3. The summed E-state index contributed by atoms with van der Waals surface area (Å²) in [6.07, 6.45) is -2.98. The Morgan fingerprint density at radius 2 is 0.961 bits per heavy atom. The van der Waals surface area contributed by atoms with E-state index in [1.165, 1.54) is 0 Å². The first-order chi connectivity index (χ1) is 23.6. The Hall–Kier alpha value is -5.42. The van der Waals surface area contributed by atoms with Gasteiger partial charge in [0, 0.05) is 6.42 Å². The molecule has 0 saturated carbocycles. The number of carboxylic acid groups (broad SMARTS) is 3. The van der Waals surface area contributed by atoms with Gasteiger partial charge in [-0.2, -0.15) is 0 Å². The molecule has 0 aliphatic heterocycles. The van der Waals surface area contributed by atoms with E-state index in [-0.39, 0.29) is 12.3 Å². The molecular weight excluding hydrogens is 688 g/mol. The number of nitrogens with two attached hydrogens (primary N) is 2. The number of amides is 7. The normalized spacial score (nSPS) is 15.0. The Bertz CT molecular complexity index is 1310. The summed E-state index contributed by atoms with van der Waals surface area (Å²) in [6.45, 7) is 2.26. The maximum Gasteiger partial charge on any atom is 0.325 e. The fourth-order valence-corrected chi connectivity index (χ4v) is 4.06. The molecule has 0 spiro atoms. The largest absolute Gasteiger partial charge is 0.481 e. The molecule has 23 nitrogen and oxygen atoms in total. The van der Waals surface area contributed by atoms with Gasteiger partial charge < -0.3 is 68.9 Å². The predicted molar refractivity (Wildman–Crippen MR) is 169 cm³/mol. The van der Waals surface area contributed by atoms with Crippen LogP contribution in [0, 0.1) is 5.92 Å². The van der Waals surface area contributed by atoms with Gasteiger partial charge in [0.15, 0.2) is 0 Å². The van der Waals surface area contributed by atoms with E-state index in [2.05, 4.69) is 26.6 Å². The number of aliphatic hydroxyl groups excluding tert-OH is 2. The van der Waals surface area contributed by atoms with Crippen LogP contribution in [0.3, 0.4) is 0 Å². The van der Waals surface area contributed by atoms with Crippen LogP contribution in [0.4, 0.5) is 0 Å². The van der Waals surface area contributed by atoms with Crippen LogP contribution < -0.4 is 43.4 Å². The first kappa shape index (κ1) is 45.6. The van der Waals surface area contributed by atoms with E-state index in [1.54, 1.807) is 13.8 Å². The second-order valence-corrected chi connectivity index (χ2v) is 11.7. The molecule has 288 valence electrons. The second kappa shape index (κ2) is 22.3. The van der Waals surface area contributed by atoms with Crippen LogP contribution >= 0.6 is 0 Å². The van der Waals surface area contributed by atoms with Gasteiger partial charge in [-0.25, -0.2) is 0 Å². The Balaban J connectivity index is 5.99. The number of nitrogens with one attached hydrogen (secondary N) is 6. The van der Waals surface area contributed by atoms with Crippen molar-refractivity contribution in [2.45, 2.75) is 95.2 Å². The Kier molecular flexibility index (Phi) is 20.0. The number of hydrogen-bond acceptors (Lipinski definition) is 13. The number of aliphatic carboxylic acids is 3. The zero-order valence-electron chi connectivity index (χ0n) is 28.0. The molecule has 0 saturated heterocycles. The standard InChI is InChI=1S/C28H46N8O15/c1-11(2)6-15(25(47)34-16(8-19(30)39)24(46)31-12(3)28(50)51)33-27(49)18(10-38)36-23(45)14(4-5-20(40)41)32-26(48)17(9-37)35-22(44)13(29)7-21(42)43/h11-18,37-38H,4-10,29H2,1-3H3,(H2,30,39)(H,31,46)(H,32,48)(H,33,49)(H,34,47)(H,35,44)(H,36,45)(H,40,41)(H,42,43)(H,50,51)/t12-,13-,14-,15-,16-,17-,18-/m0/s1. The first-order valence-electron chi connectivity index (χ1n) is 15.4. The Morgan fingerprint density at radius 3 is 1.39 bits per heavy atom. The van der Waals surface area contributed by atoms with Gasteiger partial charge in [0.1, 0.15) is 36.3 Å². The number of hydrogen-bond donors (Lipinski definition) is 13. The number of aliphatic hydroxyl groups is 2. The highest BCUT2D eigenvalue weighted by molar-refractivity contribution is 5.98. The molecule has 0 aromatic heterocycles. The molecule has 0 aromatic rings. The third-order valence-corrected chi connectivity index (χ3v) is 6.75. The molecule has 0 heterocycles. The summed E-state index contributed by atoms with van der Waals surface area (Å²) in [5.74, 6) is -12.5. The third kappa shape index (κ3) is 17.7. The SMILES string of the molecule is CC(C)C[C@H](NC(=O)[C@H](CO)NC(=O)[C@H](CCC(=O)O)NC(=O)[C@H](CO)NC(=O)[C@@H](N)CC(=O)O)C(=O)N[C@@H](CC(N)=O)C(=O)N[C@@H](C)C(=O)O. The molecule has 0 fully saturated rings. The molecule has 0 aliphatic rings. The van der Waals surface area contributed by atoms with E-state index in [0.29, 0.717) is 0 Å². The molecule has 51 heavy (non-hydrogen) atoms. The van der Waals surface area contributed by atoms with E-state index in [9.17, 15) is 58.2 Å². The van der Waals surface area contributed by atoms with Gasteiger partial charge >= 0.3 is 17.9 Å². The molecule has 7 atom stereocenters. The van der Waals surface area contributed by atoms with Crippen LogP contribution in [0.1, 0.15) is 52.9 Å². The summed E-state index contributed by atoms with van der Waals surface area (Å²) < 4.78 is 0. The molecule has 15 N–H and O–H groups in total. The molecule has 0 radical (unpaired) electrons. The van der Waals surface area contributed by atoms with Crippen molar-refractivity contribution >= 4 is 59.3 Å². The van der Waals surface area contributed by atoms with Crippen LogP contribution in [0.2, 0.25) is 0 Å². The summed E-state index contributed by atoms with van der Waals surface area (Å²) in [5.41, 5.74) is 10.6. The zero-order valence-corrected chi connectivity index (χ0v) is 28.0. The monoisotopic (exact) mass is 734 g/mol. The van der Waals surface area contributed by atoms with Gasteiger partial charge in [0.2, 0.25) is 41.4 Å². The lowest BCUT2D eigenvalue weighted by atomic mass is 10.0. The maximum atomic E-state index is 13.2. The summed E-state index contributed by atoms with van der Waals surface area (Å²) >= 11 is 0. The molecular formula is C28H46N8O15. The van der Waals surface area contributed by atoms with Crippen molar-refractivity contribution in [1.82, 2.24) is 31.9 Å². The van der Waals surface area contributed by atoms with E-state index in [4.69, 9.17) is 26.8 Å². The number of carbonyl (C=O) groups excluding carboxylic acids is 7. The van der Waals surface area contributed by atoms with Gasteiger partial charge in [-0.15, -0.1) is 0 Å². The van der Waals surface area contributed by atoms with Gasteiger partial charge in [-0.1, -0.05) is 13.8 Å². The van der Waals surface area contributed by atoms with E-state index >= 15 is 0 Å². The summed E-state index contributed by atoms with van der Waals surface area (Å²) in [5, 5.41) is 59.2. The molecule has 0 bridgehead atoms. The highest BCUT2D eigenvalue weighted by Gasteiger charge is 2.34. The van der Waals surface area contributed by atoms with Crippen molar-refractivity contribution in [3.05, 3.63) is 0 Å². The van der Waals surface area contributed by atoms with Crippen molar-refractivity contribution in [3.8, 4) is 0 Å². The van der Waals surface area contributed by atoms with Crippen LogP contribution in [-0.4, -0.2) is 140 Å². The smallest absolute Gasteiger partial charge is 0.325 e. The van der Waals surface area contributed by atoms with Crippen LogP contribution in [-0.2, 0) is 47.9 Å². The number of rotatable bonds is 24. The van der Waals surface area contributed by atoms with E-state index in [1.807, 2.05) is 5.32 Å². The highest BCUT2D eigenvalue weighted by Crippen LogP contribution is 2.08. The number of carbonyl (C=O) groups is 10. The minimum atomic E-state index is -1.83. The molecule has 7 amide bonds. The molecule has 0 aliphatic carbocycles. The summed E-state index contributed by atoms with van der Waals surface area (Å²) in [4.78, 5) is 122. The summed E-state index contributed by atoms with van der Waals surface area (Å²) in [6, 6.07) is -11.5. The highest BCUT2D eigenvalue weighted by atomic mass is 16.4. The Labute approximate surface area is 290 Å². The lowest BCUT2D eigenvalue weighted by Crippen LogP contribution is -2.61. The van der Waals surface area contributed by atoms with Crippen LogP contribution in [0.15, 0.2) is 0 Å². The molecule has 0 rings (SSSR count). The Morgan fingerprint density at radius 1 is 0.549 bits per heavy atom. The average Bonchev–Trinajstić information content (AvgIpc) is 3.01. The first-order valence-corrected chi connectivity index (χ1v) is 15.4. The van der Waals surface area contributed by atoms with Crippen molar-refractivity contribution in [2.75, 3.05) is 13.2 Å². The van der Waals surface area contributed by atoms with Crippen LogP contribution in [0.5, 0.6) is 0 Å². The summed E-state index contributed by atoms with van der Waals surface area (Å²) in [7, 11) is 0. The van der Waals surface area contributed by atoms with Crippen molar-refractivity contribution < 1.29 is 73.5 Å². The maximum absolute atomic E-state index is 13.2. The van der Waals surface area contributed by atoms with Crippen molar-refractivity contribution in [1.29, 1.82) is 0 Å². The number of primary amides is 1. The van der Waals surface area contributed by atoms with E-state index in [0.717, 1.165) is 6.92 Å². The quantitative estimate of drug-likeness (QED) is 0.0438. The lowest BCUT2D eigenvalue weighted by Gasteiger charge is -2.27. The van der Waals surface area contributed by atoms with Gasteiger partial charge in [0.05, 0.1) is 32.1 Å². The third-order valence-electron chi connectivity index (χ3n) is 6.75. The minimum Gasteiger partial charge on any atom is -0.481 e. The molecule has 0 aromatic carbocycles. The average molecular weight is 735 g/mol. The second-order valence-electron chi connectivity index (χ2n) is 11.7. The topological polar surface area (TPSA) is 396 Å². The lowest BCUT2D eigenvalue weighted by molar-refractivity contribution is -0.142. The van der Waals surface area contributed by atoms with Crippen LogP contribution in [0.25, 0.3) is 0 Å².